The number of rotatable bonds is 47. The van der Waals surface area contributed by atoms with Crippen LogP contribution in [0.5, 0.6) is 5.75 Å². The second-order valence-corrected chi connectivity index (χ2v) is 14.5. The minimum Gasteiger partial charge on any atom is -0.491 e. The maximum atomic E-state index is 5.79. The van der Waals surface area contributed by atoms with Gasteiger partial charge in [-0.05, 0) is 37.0 Å². The molecule has 324 valence electrons. The molecule has 0 aliphatic rings. The van der Waals surface area contributed by atoms with E-state index in [2.05, 4.69) is 38.1 Å². The summed E-state index contributed by atoms with van der Waals surface area (Å²) in [6.07, 6.45) is 28.4. The number of benzene rings is 1. The molecule has 0 atom stereocenters. The van der Waals surface area contributed by atoms with Gasteiger partial charge in [0.1, 0.15) is 12.4 Å². The maximum Gasteiger partial charge on any atom is 0.119 e. The van der Waals surface area contributed by atoms with Crippen LogP contribution in [0.4, 0.5) is 0 Å². The maximum absolute atomic E-state index is 5.79. The molecule has 0 radical (unpaired) electrons. The van der Waals surface area contributed by atoms with Gasteiger partial charge in [-0.1, -0.05) is 142 Å². The van der Waals surface area contributed by atoms with Gasteiger partial charge in [0.05, 0.1) is 99.1 Å². The lowest BCUT2D eigenvalue weighted by molar-refractivity contribution is -0.0236. The Kier molecular flexibility index (Phi) is 42.7. The van der Waals surface area contributed by atoms with Crippen molar-refractivity contribution in [3.63, 3.8) is 0 Å². The summed E-state index contributed by atoms with van der Waals surface area (Å²) in [4.78, 5) is 0. The third kappa shape index (κ3) is 40.7. The van der Waals surface area contributed by atoms with Crippen molar-refractivity contribution < 1.29 is 42.6 Å². The van der Waals surface area contributed by atoms with Crippen molar-refractivity contribution in [2.75, 3.05) is 112 Å². The predicted molar refractivity (Wildman–Crippen MR) is 226 cm³/mol. The minimum absolute atomic E-state index is 0.532. The Morgan fingerprint density at radius 1 is 0.273 bits per heavy atom. The molecule has 9 nitrogen and oxygen atoms in total. The van der Waals surface area contributed by atoms with Gasteiger partial charge in [0.2, 0.25) is 0 Å². The molecule has 0 spiro atoms. The van der Waals surface area contributed by atoms with Crippen LogP contribution in [0.2, 0.25) is 0 Å². The quantitative estimate of drug-likeness (QED) is 0.0600. The fourth-order valence-electron chi connectivity index (χ4n) is 6.12. The monoisotopic (exact) mass is 783 g/mol. The van der Waals surface area contributed by atoms with Crippen LogP contribution >= 0.6 is 0 Å². The van der Waals surface area contributed by atoms with E-state index in [4.69, 9.17) is 42.6 Å². The fraction of sp³-hybridized carbons (Fsp3) is 0.870. The molecule has 1 aromatic carbocycles. The minimum atomic E-state index is 0.532. The van der Waals surface area contributed by atoms with E-state index in [1.807, 2.05) is 0 Å². The second-order valence-electron chi connectivity index (χ2n) is 14.5. The fourth-order valence-corrected chi connectivity index (χ4v) is 6.12. The van der Waals surface area contributed by atoms with Crippen LogP contribution in [0, 0.1) is 0 Å². The summed E-state index contributed by atoms with van der Waals surface area (Å²) in [5.74, 6) is 0.893. The normalized spacial score (nSPS) is 11.5. The number of hydrogen-bond donors (Lipinski definition) is 0. The van der Waals surface area contributed by atoms with Gasteiger partial charge in [0, 0.05) is 6.61 Å². The van der Waals surface area contributed by atoms with Gasteiger partial charge in [-0.15, -0.1) is 0 Å². The Bertz CT molecular complexity index is 841. The van der Waals surface area contributed by atoms with E-state index < -0.39 is 0 Å². The van der Waals surface area contributed by atoms with Crippen molar-refractivity contribution in [2.45, 2.75) is 149 Å². The molecular formula is C46H86O9. The summed E-state index contributed by atoms with van der Waals surface area (Å²) in [6, 6.07) is 8.47. The molecule has 0 aromatic heterocycles. The smallest absolute Gasteiger partial charge is 0.119 e. The highest BCUT2D eigenvalue weighted by molar-refractivity contribution is 5.27. The van der Waals surface area contributed by atoms with Crippen LogP contribution < -0.4 is 4.74 Å². The summed E-state index contributed by atoms with van der Waals surface area (Å²) in [5, 5.41) is 0. The molecule has 0 amide bonds. The summed E-state index contributed by atoms with van der Waals surface area (Å²) in [7, 11) is 0. The van der Waals surface area contributed by atoms with Gasteiger partial charge in [0.15, 0.2) is 0 Å². The van der Waals surface area contributed by atoms with Crippen molar-refractivity contribution in [2.24, 2.45) is 0 Å². The molecule has 1 rings (SSSR count). The zero-order chi connectivity index (χ0) is 39.2. The van der Waals surface area contributed by atoms with Gasteiger partial charge >= 0.3 is 0 Å². The van der Waals surface area contributed by atoms with Crippen LogP contribution in [0.3, 0.4) is 0 Å². The lowest BCUT2D eigenvalue weighted by Gasteiger charge is -2.09. The lowest BCUT2D eigenvalue weighted by atomic mass is 10.0. The molecule has 0 N–H and O–H groups in total. The first-order chi connectivity index (χ1) is 27.4. The van der Waals surface area contributed by atoms with Crippen LogP contribution in [0.15, 0.2) is 24.3 Å². The van der Waals surface area contributed by atoms with E-state index in [-0.39, 0.29) is 0 Å². The van der Waals surface area contributed by atoms with Gasteiger partial charge in [-0.2, -0.15) is 0 Å². The molecule has 0 bridgehead atoms. The van der Waals surface area contributed by atoms with Gasteiger partial charge in [-0.25, -0.2) is 0 Å². The number of unbranched alkanes of at least 4 members (excludes halogenated alkanes) is 18. The largest absolute Gasteiger partial charge is 0.491 e. The second kappa shape index (κ2) is 45.4. The topological polar surface area (TPSA) is 83.1 Å². The van der Waals surface area contributed by atoms with Crippen molar-refractivity contribution in [1.82, 2.24) is 0 Å². The Balaban J connectivity index is 1.66. The molecular weight excluding hydrogens is 696 g/mol. The molecule has 1 aromatic rings. The predicted octanol–water partition coefficient (Wildman–Crippen LogP) is 10.6. The van der Waals surface area contributed by atoms with Crippen LogP contribution in [-0.2, 0) is 44.3 Å². The Hall–Kier alpha value is -1.30. The molecule has 9 heteroatoms. The summed E-state index contributed by atoms with van der Waals surface area (Å²) in [5.41, 5.74) is 1.38. The first-order valence-electron chi connectivity index (χ1n) is 22.7. The third-order valence-electron chi connectivity index (χ3n) is 9.49. The Morgan fingerprint density at radius 2 is 0.545 bits per heavy atom. The van der Waals surface area contributed by atoms with Gasteiger partial charge in [0.25, 0.3) is 0 Å². The zero-order valence-corrected chi connectivity index (χ0v) is 35.9. The van der Waals surface area contributed by atoms with Crippen molar-refractivity contribution in [3.05, 3.63) is 29.8 Å². The lowest BCUT2D eigenvalue weighted by Crippen LogP contribution is -2.15. The third-order valence-corrected chi connectivity index (χ3v) is 9.49. The van der Waals surface area contributed by atoms with Crippen LogP contribution in [0.1, 0.15) is 148 Å². The zero-order valence-electron chi connectivity index (χ0n) is 35.9. The number of hydrogen-bond acceptors (Lipinski definition) is 9. The first-order valence-corrected chi connectivity index (χ1v) is 22.7. The average Bonchev–Trinajstić information content (AvgIpc) is 3.20. The van der Waals surface area contributed by atoms with E-state index in [1.165, 1.54) is 128 Å². The van der Waals surface area contributed by atoms with Crippen molar-refractivity contribution in [3.8, 4) is 5.75 Å². The Morgan fingerprint density at radius 3 is 0.891 bits per heavy atom. The highest BCUT2D eigenvalue weighted by Gasteiger charge is 2.00. The summed E-state index contributed by atoms with van der Waals surface area (Å²) < 4.78 is 50.4. The molecule has 0 aliphatic heterocycles. The summed E-state index contributed by atoms with van der Waals surface area (Å²) in [6.45, 7) is 14.3. The van der Waals surface area contributed by atoms with E-state index in [0.717, 1.165) is 25.2 Å². The highest BCUT2D eigenvalue weighted by Crippen LogP contribution is 2.16. The number of ether oxygens (including phenoxy) is 9. The molecule has 55 heavy (non-hydrogen) atoms. The van der Waals surface area contributed by atoms with E-state index in [9.17, 15) is 0 Å². The Labute approximate surface area is 338 Å². The number of aryl methyl sites for hydroxylation is 1. The van der Waals surface area contributed by atoms with Crippen molar-refractivity contribution >= 4 is 0 Å². The molecule has 0 heterocycles. The standard InChI is InChI=1S/C46H86O9/c1-3-5-7-9-11-12-13-14-15-16-17-18-20-22-28-47-29-30-48-31-32-49-33-34-50-35-36-51-37-38-52-39-40-53-41-42-54-43-44-55-46-26-24-45(25-27-46)23-21-19-10-8-6-4-2/h24-27H,3-23,28-44H2,1-2H3. The van der Waals surface area contributed by atoms with Gasteiger partial charge < -0.3 is 42.6 Å². The van der Waals surface area contributed by atoms with E-state index in [0.29, 0.717) is 106 Å². The molecule has 0 unspecified atom stereocenters. The van der Waals surface area contributed by atoms with E-state index >= 15 is 0 Å². The molecule has 0 saturated carbocycles. The van der Waals surface area contributed by atoms with E-state index in [1.54, 1.807) is 0 Å². The SMILES string of the molecule is CCCCCCCCCCCCCCCCOCCOCCOCCOCCOCCOCCOCCOCCOc1ccc(CCCCCCCC)cc1. The highest BCUT2D eigenvalue weighted by atomic mass is 16.6. The van der Waals surface area contributed by atoms with Gasteiger partial charge in [-0.3, -0.25) is 0 Å². The average molecular weight is 783 g/mol. The summed E-state index contributed by atoms with van der Waals surface area (Å²) >= 11 is 0. The molecule has 0 aliphatic carbocycles. The van der Waals surface area contributed by atoms with Crippen LogP contribution in [0.25, 0.3) is 0 Å². The first kappa shape index (κ1) is 51.7. The molecule has 0 saturated heterocycles. The van der Waals surface area contributed by atoms with Crippen LogP contribution in [-0.4, -0.2) is 112 Å². The molecule has 0 fully saturated rings. The van der Waals surface area contributed by atoms with Crippen molar-refractivity contribution in [1.29, 1.82) is 0 Å².